The highest BCUT2D eigenvalue weighted by Gasteiger charge is 2.49. The van der Waals surface area contributed by atoms with Crippen LogP contribution in [0.1, 0.15) is 143 Å². The van der Waals surface area contributed by atoms with E-state index < -0.39 is 161 Å². The quantitative estimate of drug-likeness (QED) is 0.190. The molecule has 2 aromatic carbocycles. The van der Waals surface area contributed by atoms with Crippen LogP contribution < -0.4 is 21.3 Å². The zero-order chi connectivity index (χ0) is 70.6. The number of hydrogen-bond acceptors (Lipinski definition) is 11. The molecule has 2 aromatic rings. The van der Waals surface area contributed by atoms with Gasteiger partial charge in [-0.25, -0.2) is 4.39 Å². The van der Waals surface area contributed by atoms with Gasteiger partial charge >= 0.3 is 6.18 Å². The topological polar surface area (TPSA) is 259 Å². The van der Waals surface area contributed by atoms with Crippen molar-refractivity contribution in [1.82, 2.24) is 55.6 Å². The predicted molar refractivity (Wildman–Crippen MR) is 345 cm³/mol. The Morgan fingerprint density at radius 2 is 1.20 bits per heavy atom. The molecular weight excluding hydrogens is 1250 g/mol. The number of fused-ring (bicyclic) bond motifs is 1. The Balaban J connectivity index is 1.60. The van der Waals surface area contributed by atoms with Crippen molar-refractivity contribution in [3.8, 4) is 0 Å². The first-order valence-corrected chi connectivity index (χ1v) is 32.9. The van der Waals surface area contributed by atoms with Crippen molar-refractivity contribution in [3.63, 3.8) is 0 Å². The van der Waals surface area contributed by atoms with Crippen molar-refractivity contribution in [3.05, 3.63) is 70.0 Å². The van der Waals surface area contributed by atoms with Crippen LogP contribution in [-0.4, -0.2) is 215 Å². The fourth-order valence-corrected chi connectivity index (χ4v) is 12.7. The number of halogens is 5. The Morgan fingerprint density at radius 3 is 1.73 bits per heavy atom. The summed E-state index contributed by atoms with van der Waals surface area (Å²) in [6, 6.07) is -0.800. The van der Waals surface area contributed by atoms with Gasteiger partial charge in [-0.2, -0.15) is 13.2 Å². The van der Waals surface area contributed by atoms with Crippen LogP contribution in [0.15, 0.2) is 42.5 Å². The molecule has 0 bridgehead atoms. The van der Waals surface area contributed by atoms with Crippen molar-refractivity contribution in [2.24, 2.45) is 23.7 Å². The second-order valence-electron chi connectivity index (χ2n) is 27.2. The average molecular weight is 1350 g/mol. The molecule has 0 aromatic heterocycles. The highest BCUT2D eigenvalue weighted by atomic mass is 35.5. The number of amides is 11. The maximum Gasteiger partial charge on any atom is 0.419 e. The third kappa shape index (κ3) is 19.6. The van der Waals surface area contributed by atoms with E-state index in [9.17, 15) is 51.5 Å². The third-order valence-corrected chi connectivity index (χ3v) is 18.7. The molecule has 94 heavy (non-hydrogen) atoms. The van der Waals surface area contributed by atoms with Crippen LogP contribution in [0, 0.1) is 29.5 Å². The molecule has 2 saturated heterocycles. The minimum Gasteiger partial charge on any atom is -0.351 e. The molecule has 4 N–H and O–H groups in total. The van der Waals surface area contributed by atoms with Gasteiger partial charge in [-0.3, -0.25) is 52.7 Å². The van der Waals surface area contributed by atoms with E-state index in [2.05, 4.69) is 21.3 Å². The largest absolute Gasteiger partial charge is 0.419 e. The van der Waals surface area contributed by atoms with Crippen molar-refractivity contribution in [2.45, 2.75) is 199 Å². The molecule has 2 heterocycles. The minimum absolute atomic E-state index is 0.0201. The van der Waals surface area contributed by atoms with E-state index in [1.165, 1.54) is 61.9 Å². The Labute approximate surface area is 555 Å². The third-order valence-electron chi connectivity index (χ3n) is 18.5. The smallest absolute Gasteiger partial charge is 0.351 e. The molecule has 9 atom stereocenters. The number of nitrogens with one attached hydrogen (secondary N) is 4. The Kier molecular flexibility index (Phi) is 27.4. The summed E-state index contributed by atoms with van der Waals surface area (Å²) in [5, 5.41) is 11.8. The fraction of sp³-hybridized carbons (Fsp3) is 0.657. The van der Waals surface area contributed by atoms with Gasteiger partial charge in [-0.1, -0.05) is 104 Å². The van der Waals surface area contributed by atoms with Gasteiger partial charge < -0.3 is 55.6 Å². The molecule has 0 radical (unpaired) electrons. The number of alkyl halides is 3. The summed E-state index contributed by atoms with van der Waals surface area (Å²) in [5.74, 6) is -10.4. The Bertz CT molecular complexity index is 3070. The number of carbonyl (C=O) groups excluding carboxylic acids is 11. The molecule has 1 aliphatic carbocycles. The van der Waals surface area contributed by atoms with E-state index in [1.54, 1.807) is 65.8 Å². The second-order valence-corrected chi connectivity index (χ2v) is 27.6. The lowest BCUT2D eigenvalue weighted by Gasteiger charge is -2.43. The Morgan fingerprint density at radius 1 is 0.638 bits per heavy atom. The van der Waals surface area contributed by atoms with Gasteiger partial charge in [0.05, 0.1) is 18.7 Å². The van der Waals surface area contributed by atoms with E-state index in [0.29, 0.717) is 42.0 Å². The van der Waals surface area contributed by atoms with E-state index in [-0.39, 0.29) is 81.7 Å². The molecule has 522 valence electrons. The fourth-order valence-electron chi connectivity index (χ4n) is 12.6. The van der Waals surface area contributed by atoms with Crippen LogP contribution in [0.5, 0.6) is 0 Å². The number of likely N-dealkylation sites (N-methyl/N-ethyl adjacent to an activating group) is 6. The van der Waals surface area contributed by atoms with Crippen LogP contribution in [-0.2, 0) is 71.8 Å². The number of rotatable bonds is 12. The molecule has 0 unspecified atom stereocenters. The van der Waals surface area contributed by atoms with E-state index >= 15 is 18.8 Å². The number of aryl methyl sites for hydroxylation is 1. The summed E-state index contributed by atoms with van der Waals surface area (Å²) in [7, 11) is 8.28. The number of nitrogens with zero attached hydrogens (tertiary/aromatic N) is 7. The highest BCUT2D eigenvalue weighted by Crippen LogP contribution is 2.35. The molecule has 3 aliphatic rings. The SMILES string of the molecule is CC[C@H](C)[C@@H]1NC(=O)[C@H](C(C)C)N(C)C(=O)C[C@@H](C)NC(=O)[C@H](CC(C)C)N(C)C(=O)C2(CCCC2)NC(=O)[C@H](CC(C)C)N(C)C(=O)[C@H](CCc2ccc(C(F)(F)F)c(F)c2)NC(=O)CN(C)C(=O)[C@H](Cc2ccc(Cl)cc2)N(C)C(=O)[C@@H]2CCN2C(=O)CN(C)C1=O. The second kappa shape index (κ2) is 33.3. The average Bonchev–Trinajstić information content (AvgIpc) is 1.23. The number of benzene rings is 2. The predicted octanol–water partition coefficient (Wildman–Crippen LogP) is 5.60. The molecule has 1 saturated carbocycles. The molecule has 11 amide bonds. The molecule has 22 nitrogen and oxygen atoms in total. The standard InChI is InChI=1S/C67H98ClF4N11O11/c1-16-41(8)56-64(93)78(11)37-55(86)83-30-27-49(83)63(92)80(13)52(35-44-19-23-45(68)24-20-44)62(91)77(10)36-53(84)74-48(26-22-43-21-25-46(47(69)34-43)67(70,71)72)61(90)79(12)51(32-39(4)5)59(88)76-66(28-17-18-29-66)65(94)81(14)50(31-38(2)3)58(87)73-42(9)33-54(85)82(15)57(40(6)7)60(89)75-56/h19-21,23-25,34,38-42,48-52,56-57H,16-18,22,26-33,35-37H2,1-15H3,(H,73,87)(H,74,84)(H,75,89)(H,76,88)/t41-,42+,48-,49-,50-,51-,52-,56-,57-/m0/s1. The summed E-state index contributed by atoms with van der Waals surface area (Å²) in [6.07, 6.45) is -3.92. The molecule has 5 rings (SSSR count). The molecule has 27 heteroatoms. The van der Waals surface area contributed by atoms with Gasteiger partial charge in [-0.15, -0.1) is 0 Å². The van der Waals surface area contributed by atoms with E-state index in [0.717, 1.165) is 20.8 Å². The molecule has 2 aliphatic heterocycles. The summed E-state index contributed by atoms with van der Waals surface area (Å²) >= 11 is 6.23. The van der Waals surface area contributed by atoms with Crippen LogP contribution in [0.25, 0.3) is 0 Å². The zero-order valence-electron chi connectivity index (χ0n) is 57.1. The zero-order valence-corrected chi connectivity index (χ0v) is 57.8. The van der Waals surface area contributed by atoms with Crippen molar-refractivity contribution in [2.75, 3.05) is 61.9 Å². The normalized spacial score (nSPS) is 25.2. The van der Waals surface area contributed by atoms with Crippen LogP contribution >= 0.6 is 11.6 Å². The minimum atomic E-state index is -5.01. The monoisotopic (exact) mass is 1340 g/mol. The van der Waals surface area contributed by atoms with Gasteiger partial charge in [0.25, 0.3) is 0 Å². The van der Waals surface area contributed by atoms with E-state index in [1.807, 2.05) is 20.8 Å². The lowest BCUT2D eigenvalue weighted by Crippen LogP contribution is -2.64. The van der Waals surface area contributed by atoms with Gasteiger partial charge in [0.15, 0.2) is 0 Å². The first kappa shape index (κ1) is 77.3. The molecule has 1 spiro atoms. The highest BCUT2D eigenvalue weighted by molar-refractivity contribution is 6.30. The Hall–Kier alpha value is -7.38. The maximum atomic E-state index is 15.2. The van der Waals surface area contributed by atoms with Gasteiger partial charge in [0, 0.05) is 72.7 Å². The summed E-state index contributed by atoms with van der Waals surface area (Å²) in [5.41, 5.74) is -2.50. The molecule has 3 fully saturated rings. The summed E-state index contributed by atoms with van der Waals surface area (Å²) in [6.45, 7) is 14.9. The van der Waals surface area contributed by atoms with Crippen molar-refractivity contribution < 1.29 is 70.3 Å². The van der Waals surface area contributed by atoms with Crippen LogP contribution in [0.3, 0.4) is 0 Å². The van der Waals surface area contributed by atoms with Crippen molar-refractivity contribution in [1.29, 1.82) is 0 Å². The first-order chi connectivity index (χ1) is 43.8. The van der Waals surface area contributed by atoms with Crippen LogP contribution in [0.4, 0.5) is 17.6 Å². The van der Waals surface area contributed by atoms with Gasteiger partial charge in [0.1, 0.15) is 53.6 Å². The van der Waals surface area contributed by atoms with Gasteiger partial charge in [0.2, 0.25) is 65.0 Å². The first-order valence-electron chi connectivity index (χ1n) is 32.5. The maximum absolute atomic E-state index is 15.2. The van der Waals surface area contributed by atoms with Crippen LogP contribution in [0.2, 0.25) is 5.02 Å². The number of hydrogen-bond donors (Lipinski definition) is 4. The van der Waals surface area contributed by atoms with E-state index in [4.69, 9.17) is 11.6 Å². The lowest BCUT2D eigenvalue weighted by molar-refractivity contribution is -0.157. The van der Waals surface area contributed by atoms with Gasteiger partial charge in [-0.05, 0) is 111 Å². The summed E-state index contributed by atoms with van der Waals surface area (Å²) < 4.78 is 56.0. The molecular formula is C67H98ClF4N11O11. The number of carbonyl (C=O) groups is 11. The van der Waals surface area contributed by atoms with Crippen molar-refractivity contribution >= 4 is 76.6 Å². The lowest BCUT2D eigenvalue weighted by atomic mass is 9.91. The summed E-state index contributed by atoms with van der Waals surface area (Å²) in [4.78, 5) is 169.